The van der Waals surface area contributed by atoms with Crippen LogP contribution in [0.15, 0.2) is 36.5 Å². The average Bonchev–Trinajstić information content (AvgIpc) is 2.38. The molecule has 0 fully saturated rings. The fourth-order valence-corrected chi connectivity index (χ4v) is 2.57. The van der Waals surface area contributed by atoms with Gasteiger partial charge in [-0.3, -0.25) is 0 Å². The maximum Gasteiger partial charge on any atom is 0.212 e. The van der Waals surface area contributed by atoms with Crippen LogP contribution in [-0.2, 0) is 18.9 Å². The Morgan fingerprint density at radius 3 is 2.25 bits per heavy atom. The summed E-state index contributed by atoms with van der Waals surface area (Å²) < 4.78 is 2.23. The normalized spacial score (nSPS) is 11.7. The van der Waals surface area contributed by atoms with Crippen molar-refractivity contribution in [1.82, 2.24) is 0 Å². The Bertz CT molecular complexity index is 618. The molecule has 0 amide bonds. The van der Waals surface area contributed by atoms with Crippen molar-refractivity contribution < 1.29 is 4.57 Å². The predicted molar refractivity (Wildman–Crippen MR) is 85.9 cm³/mol. The van der Waals surface area contributed by atoms with Gasteiger partial charge in [-0.05, 0) is 42.0 Å². The molecular formula is C19H26N+. The van der Waals surface area contributed by atoms with Crippen LogP contribution >= 0.6 is 0 Å². The van der Waals surface area contributed by atoms with Crippen molar-refractivity contribution in [2.24, 2.45) is 7.05 Å². The molecule has 1 nitrogen and oxygen atoms in total. The van der Waals surface area contributed by atoms with E-state index in [4.69, 9.17) is 0 Å². The lowest BCUT2D eigenvalue weighted by molar-refractivity contribution is -0.660. The van der Waals surface area contributed by atoms with Crippen molar-refractivity contribution in [3.8, 4) is 11.3 Å². The summed E-state index contributed by atoms with van der Waals surface area (Å²) in [6, 6.07) is 11.3. The van der Waals surface area contributed by atoms with Crippen LogP contribution in [0, 0.1) is 6.92 Å². The topological polar surface area (TPSA) is 3.88 Å². The quantitative estimate of drug-likeness (QED) is 0.713. The van der Waals surface area contributed by atoms with Crippen molar-refractivity contribution in [2.45, 2.75) is 46.5 Å². The first kappa shape index (κ1) is 14.8. The minimum Gasteiger partial charge on any atom is -0.201 e. The lowest BCUT2D eigenvalue weighted by Crippen LogP contribution is -2.31. The summed E-state index contributed by atoms with van der Waals surface area (Å²) in [6.07, 6.45) is 3.31. The maximum atomic E-state index is 2.32. The van der Waals surface area contributed by atoms with E-state index < -0.39 is 0 Å². The third-order valence-electron chi connectivity index (χ3n) is 3.97. The maximum absolute atomic E-state index is 2.32. The second-order valence-corrected chi connectivity index (χ2v) is 6.67. The van der Waals surface area contributed by atoms with E-state index in [1.54, 1.807) is 0 Å². The molecule has 0 atom stereocenters. The standard InChI is InChI=1S/C19H26N/c1-7-15-8-11-18(20(6)13-15)17-10-9-16(12-14(17)2)19(3,4)5/h8-13H,7H2,1-6H3/q+1. The van der Waals surface area contributed by atoms with E-state index in [1.165, 1.54) is 27.9 Å². The van der Waals surface area contributed by atoms with Gasteiger partial charge in [0, 0.05) is 17.2 Å². The Morgan fingerprint density at radius 2 is 1.75 bits per heavy atom. The highest BCUT2D eigenvalue weighted by Gasteiger charge is 2.17. The zero-order valence-electron chi connectivity index (χ0n) is 13.6. The van der Waals surface area contributed by atoms with Crippen molar-refractivity contribution in [3.05, 3.63) is 53.2 Å². The molecule has 0 aliphatic heterocycles. The van der Waals surface area contributed by atoms with Gasteiger partial charge in [-0.1, -0.05) is 39.8 Å². The third-order valence-corrected chi connectivity index (χ3v) is 3.97. The summed E-state index contributed by atoms with van der Waals surface area (Å²) >= 11 is 0. The van der Waals surface area contributed by atoms with Gasteiger partial charge in [-0.25, -0.2) is 4.57 Å². The summed E-state index contributed by atoms with van der Waals surface area (Å²) in [5.74, 6) is 0. The van der Waals surface area contributed by atoms with Crippen LogP contribution < -0.4 is 4.57 Å². The van der Waals surface area contributed by atoms with Gasteiger partial charge in [0.15, 0.2) is 6.20 Å². The van der Waals surface area contributed by atoms with Crippen LogP contribution in [0.4, 0.5) is 0 Å². The van der Waals surface area contributed by atoms with Gasteiger partial charge in [0.2, 0.25) is 5.69 Å². The molecule has 0 aliphatic rings. The highest BCUT2D eigenvalue weighted by molar-refractivity contribution is 5.62. The Balaban J connectivity index is 2.49. The Labute approximate surface area is 123 Å². The molecule has 106 valence electrons. The number of benzene rings is 1. The third kappa shape index (κ3) is 2.92. The second kappa shape index (κ2) is 5.40. The number of hydrogen-bond donors (Lipinski definition) is 0. The summed E-state index contributed by atoms with van der Waals surface area (Å²) in [4.78, 5) is 0. The number of aryl methyl sites for hydroxylation is 3. The number of hydrogen-bond acceptors (Lipinski definition) is 0. The summed E-state index contributed by atoms with van der Waals surface area (Å²) in [6.45, 7) is 11.2. The first-order valence-corrected chi connectivity index (χ1v) is 7.43. The Kier molecular flexibility index (Phi) is 3.99. The first-order valence-electron chi connectivity index (χ1n) is 7.43. The number of nitrogens with zero attached hydrogens (tertiary/aromatic N) is 1. The van der Waals surface area contributed by atoms with Gasteiger partial charge >= 0.3 is 0 Å². The van der Waals surface area contributed by atoms with E-state index in [0.717, 1.165) is 6.42 Å². The molecule has 1 aromatic carbocycles. The molecule has 2 rings (SSSR count). The van der Waals surface area contributed by atoms with Crippen molar-refractivity contribution in [2.75, 3.05) is 0 Å². The molecule has 2 aromatic rings. The highest BCUT2D eigenvalue weighted by Crippen LogP contribution is 2.28. The second-order valence-electron chi connectivity index (χ2n) is 6.67. The van der Waals surface area contributed by atoms with E-state index in [9.17, 15) is 0 Å². The Hall–Kier alpha value is -1.63. The minimum atomic E-state index is 0.206. The molecule has 0 spiro atoms. The van der Waals surface area contributed by atoms with Crippen LogP contribution in [0.3, 0.4) is 0 Å². The molecule has 0 saturated heterocycles. The van der Waals surface area contributed by atoms with Crippen LogP contribution in [0.2, 0.25) is 0 Å². The van der Waals surface area contributed by atoms with E-state index in [-0.39, 0.29) is 5.41 Å². The SMILES string of the molecule is CCc1ccc(-c2ccc(C(C)(C)C)cc2C)[n+](C)c1. The van der Waals surface area contributed by atoms with Crippen LogP contribution in [0.5, 0.6) is 0 Å². The summed E-state index contributed by atoms with van der Waals surface area (Å²) in [5, 5.41) is 0. The predicted octanol–water partition coefficient (Wildman–Crippen LogP) is 4.35. The van der Waals surface area contributed by atoms with Gasteiger partial charge in [-0.15, -0.1) is 0 Å². The lowest BCUT2D eigenvalue weighted by Gasteiger charge is -2.20. The number of pyridine rings is 1. The molecule has 0 radical (unpaired) electrons. The van der Waals surface area contributed by atoms with Crippen LogP contribution in [-0.4, -0.2) is 0 Å². The van der Waals surface area contributed by atoms with Crippen molar-refractivity contribution in [3.63, 3.8) is 0 Å². The van der Waals surface area contributed by atoms with E-state index in [0.29, 0.717) is 0 Å². The zero-order valence-corrected chi connectivity index (χ0v) is 13.6. The van der Waals surface area contributed by atoms with E-state index in [1.807, 2.05) is 0 Å². The lowest BCUT2D eigenvalue weighted by atomic mass is 9.85. The van der Waals surface area contributed by atoms with Crippen LogP contribution in [0.25, 0.3) is 11.3 Å². The summed E-state index contributed by atoms with van der Waals surface area (Å²) in [7, 11) is 2.13. The molecule has 1 heteroatoms. The van der Waals surface area contributed by atoms with Gasteiger partial charge in [0.1, 0.15) is 7.05 Å². The zero-order chi connectivity index (χ0) is 14.9. The first-order chi connectivity index (χ1) is 9.32. The van der Waals surface area contributed by atoms with E-state index >= 15 is 0 Å². The fourth-order valence-electron chi connectivity index (χ4n) is 2.57. The molecule has 1 heterocycles. The smallest absolute Gasteiger partial charge is 0.201 e. The average molecular weight is 268 g/mol. The fraction of sp³-hybridized carbons (Fsp3) is 0.421. The van der Waals surface area contributed by atoms with E-state index in [2.05, 4.69) is 82.8 Å². The molecule has 0 N–H and O–H groups in total. The van der Waals surface area contributed by atoms with Crippen molar-refractivity contribution in [1.29, 1.82) is 0 Å². The molecular weight excluding hydrogens is 242 g/mol. The molecule has 20 heavy (non-hydrogen) atoms. The summed E-state index contributed by atoms with van der Waals surface area (Å²) in [5.41, 5.74) is 6.92. The number of aromatic nitrogens is 1. The Morgan fingerprint density at radius 1 is 1.05 bits per heavy atom. The van der Waals surface area contributed by atoms with Gasteiger partial charge in [-0.2, -0.15) is 0 Å². The monoisotopic (exact) mass is 268 g/mol. The minimum absolute atomic E-state index is 0.206. The van der Waals surface area contributed by atoms with Crippen molar-refractivity contribution >= 4 is 0 Å². The largest absolute Gasteiger partial charge is 0.212 e. The molecule has 0 bridgehead atoms. The molecule has 0 aliphatic carbocycles. The highest BCUT2D eigenvalue weighted by atomic mass is 14.9. The van der Waals surface area contributed by atoms with Gasteiger partial charge in [0.25, 0.3) is 0 Å². The number of rotatable bonds is 2. The molecule has 0 unspecified atom stereocenters. The van der Waals surface area contributed by atoms with Gasteiger partial charge < -0.3 is 0 Å². The molecule has 1 aromatic heterocycles. The molecule has 0 saturated carbocycles. The van der Waals surface area contributed by atoms with Crippen LogP contribution in [0.1, 0.15) is 44.4 Å². The van der Waals surface area contributed by atoms with Gasteiger partial charge in [0.05, 0.1) is 0 Å².